The molecule has 6 aliphatic heterocycles. The van der Waals surface area contributed by atoms with Crippen molar-refractivity contribution in [3.05, 3.63) is 23.3 Å². The zero-order valence-electron chi connectivity index (χ0n) is 16.8. The molecule has 7 rings (SSSR count). The molecule has 6 heterocycles. The van der Waals surface area contributed by atoms with Crippen molar-refractivity contribution in [1.29, 1.82) is 0 Å². The molecule has 1 spiro atoms. The summed E-state index contributed by atoms with van der Waals surface area (Å²) in [5, 5.41) is 0. The van der Waals surface area contributed by atoms with E-state index in [9.17, 15) is 0 Å². The van der Waals surface area contributed by atoms with Crippen LogP contribution in [0.1, 0.15) is 25.3 Å². The van der Waals surface area contributed by atoms with E-state index >= 15 is 0 Å². The molecule has 6 aliphatic rings. The summed E-state index contributed by atoms with van der Waals surface area (Å²) in [6, 6.07) is 2.79. The number of aliphatic imine (C=N–C) groups is 1. The fourth-order valence-corrected chi connectivity index (χ4v) is 6.81. The Morgan fingerprint density at radius 2 is 2.04 bits per heavy atom. The maximum Gasteiger partial charge on any atom is 0.201 e. The first-order valence-corrected chi connectivity index (χ1v) is 10.1. The van der Waals surface area contributed by atoms with E-state index in [1.807, 2.05) is 6.07 Å². The molecule has 0 N–H and O–H groups in total. The lowest BCUT2D eigenvalue weighted by Gasteiger charge is -2.54. The lowest BCUT2D eigenvalue weighted by Crippen LogP contribution is -2.61. The van der Waals surface area contributed by atoms with Crippen LogP contribution >= 0.6 is 0 Å². The number of hydrogen-bond donors (Lipinski definition) is 0. The van der Waals surface area contributed by atoms with Gasteiger partial charge < -0.3 is 18.9 Å². The van der Waals surface area contributed by atoms with E-state index in [2.05, 4.69) is 17.9 Å². The Hall–Kier alpha value is -2.21. The summed E-state index contributed by atoms with van der Waals surface area (Å²) in [4.78, 5) is 7.71. The second kappa shape index (κ2) is 5.44. The quantitative estimate of drug-likeness (QED) is 0.752. The van der Waals surface area contributed by atoms with Crippen LogP contribution < -0.4 is 14.2 Å². The minimum Gasteiger partial charge on any atom is -0.494 e. The summed E-state index contributed by atoms with van der Waals surface area (Å²) in [6.07, 6.45) is 4.51. The number of allylic oxidation sites excluding steroid dienone is 1. The first-order valence-electron chi connectivity index (χ1n) is 10.1. The van der Waals surface area contributed by atoms with E-state index in [-0.39, 0.29) is 5.41 Å². The van der Waals surface area contributed by atoms with E-state index in [0.29, 0.717) is 29.7 Å². The van der Waals surface area contributed by atoms with Crippen molar-refractivity contribution in [3.63, 3.8) is 0 Å². The van der Waals surface area contributed by atoms with Gasteiger partial charge >= 0.3 is 0 Å². The molecule has 0 aliphatic carbocycles. The highest BCUT2D eigenvalue weighted by molar-refractivity contribution is 6.01. The molecule has 5 saturated heterocycles. The highest BCUT2D eigenvalue weighted by Crippen LogP contribution is 2.66. The van der Waals surface area contributed by atoms with Gasteiger partial charge in [-0.3, -0.25) is 4.90 Å². The van der Waals surface area contributed by atoms with Gasteiger partial charge in [-0.2, -0.15) is 0 Å². The molecule has 1 unspecified atom stereocenters. The van der Waals surface area contributed by atoms with Gasteiger partial charge in [0.25, 0.3) is 0 Å². The molecule has 6 nitrogen and oxygen atoms in total. The number of rotatable bonds is 3. The Kier molecular flexibility index (Phi) is 3.25. The van der Waals surface area contributed by atoms with Gasteiger partial charge in [0.2, 0.25) is 5.90 Å². The molecule has 1 aromatic rings. The number of benzene rings is 1. The first kappa shape index (κ1) is 16.7. The van der Waals surface area contributed by atoms with Crippen LogP contribution in [0.4, 0.5) is 5.69 Å². The summed E-state index contributed by atoms with van der Waals surface area (Å²) in [5.74, 6) is 4.21. The van der Waals surface area contributed by atoms with E-state index in [0.717, 1.165) is 54.6 Å². The molecule has 1 aromatic carbocycles. The molecule has 5 fully saturated rings. The van der Waals surface area contributed by atoms with Gasteiger partial charge in [-0.05, 0) is 25.7 Å². The largest absolute Gasteiger partial charge is 0.494 e. The third-order valence-corrected chi connectivity index (χ3v) is 7.91. The third kappa shape index (κ3) is 1.68. The Bertz CT molecular complexity index is 939. The number of nitrogens with zero attached hydrogens (tertiary/aromatic N) is 2. The van der Waals surface area contributed by atoms with Crippen molar-refractivity contribution in [2.75, 3.05) is 34.5 Å². The molecule has 5 bridgehead atoms. The minimum absolute atomic E-state index is 0.268. The summed E-state index contributed by atoms with van der Waals surface area (Å²) in [6.45, 7) is 3.99. The van der Waals surface area contributed by atoms with E-state index in [4.69, 9.17) is 23.9 Å². The summed E-state index contributed by atoms with van der Waals surface area (Å²) in [7, 11) is 5.07. The van der Waals surface area contributed by atoms with Crippen molar-refractivity contribution >= 4 is 11.6 Å². The SMILES string of the molecule is CC=C1CN2[C@H]3C[C@@H]1[C@@H]1COC4=Nc5c(OC)cc(OC)c(OC)c5[C@@]43C[C@@H]12. The molecule has 148 valence electrons. The standard InChI is InChI=1S/C22H26N2O4/c1-5-11-9-24-14-8-22-17(24)6-12(11)13(14)10-28-21(22)23-19-15(25-2)7-16(26-3)20(27-4)18(19)22/h5,7,12-14,17H,6,8-10H2,1-4H3/t12-,13-,14-,17-,22-/m0/s1. The third-order valence-electron chi connectivity index (χ3n) is 7.91. The molecule has 6 atom stereocenters. The van der Waals surface area contributed by atoms with Crippen LogP contribution in [0, 0.1) is 11.8 Å². The maximum absolute atomic E-state index is 6.43. The summed E-state index contributed by atoms with van der Waals surface area (Å²) in [5.41, 5.74) is 3.26. The topological polar surface area (TPSA) is 52.5 Å². The monoisotopic (exact) mass is 382 g/mol. The van der Waals surface area contributed by atoms with Crippen LogP contribution in [0.5, 0.6) is 17.2 Å². The minimum atomic E-state index is -0.268. The number of ether oxygens (including phenoxy) is 4. The predicted octanol–water partition coefficient (Wildman–Crippen LogP) is 3.06. The second-order valence-corrected chi connectivity index (χ2v) is 8.57. The molecular weight excluding hydrogens is 356 g/mol. The van der Waals surface area contributed by atoms with Crippen molar-refractivity contribution < 1.29 is 18.9 Å². The van der Waals surface area contributed by atoms with Gasteiger partial charge in [0, 0.05) is 36.2 Å². The highest BCUT2D eigenvalue weighted by atomic mass is 16.5. The average molecular weight is 382 g/mol. The number of methoxy groups -OCH3 is 3. The van der Waals surface area contributed by atoms with Gasteiger partial charge in [0.1, 0.15) is 11.4 Å². The maximum atomic E-state index is 6.43. The van der Waals surface area contributed by atoms with E-state index in [1.54, 1.807) is 26.9 Å². The molecule has 6 heteroatoms. The Morgan fingerprint density at radius 3 is 2.75 bits per heavy atom. The van der Waals surface area contributed by atoms with Crippen LogP contribution in [0.15, 0.2) is 22.7 Å². The molecule has 0 radical (unpaired) electrons. The van der Waals surface area contributed by atoms with Crippen LogP contribution in [-0.2, 0) is 10.2 Å². The molecule has 28 heavy (non-hydrogen) atoms. The fraction of sp³-hybridized carbons (Fsp3) is 0.591. The van der Waals surface area contributed by atoms with Crippen molar-refractivity contribution in [1.82, 2.24) is 4.90 Å². The predicted molar refractivity (Wildman–Crippen MR) is 105 cm³/mol. The van der Waals surface area contributed by atoms with Gasteiger partial charge in [-0.25, -0.2) is 4.99 Å². The first-order chi connectivity index (χ1) is 13.7. The summed E-state index contributed by atoms with van der Waals surface area (Å²) < 4.78 is 23.7. The number of hydrogen-bond acceptors (Lipinski definition) is 6. The average Bonchev–Trinajstić information content (AvgIpc) is 3.10. The Balaban J connectivity index is 1.62. The number of piperidine rings is 3. The van der Waals surface area contributed by atoms with Crippen molar-refractivity contribution in [3.8, 4) is 17.2 Å². The van der Waals surface area contributed by atoms with Crippen LogP contribution in [0.2, 0.25) is 0 Å². The molecule has 0 saturated carbocycles. The number of fused-ring (bicyclic) bond motifs is 2. The van der Waals surface area contributed by atoms with Crippen molar-refractivity contribution in [2.24, 2.45) is 16.8 Å². The van der Waals surface area contributed by atoms with Crippen molar-refractivity contribution in [2.45, 2.75) is 37.3 Å². The lowest BCUT2D eigenvalue weighted by molar-refractivity contribution is -0.0152. The van der Waals surface area contributed by atoms with Gasteiger partial charge in [-0.15, -0.1) is 0 Å². The smallest absolute Gasteiger partial charge is 0.201 e. The lowest BCUT2D eigenvalue weighted by atomic mass is 9.68. The molecule has 0 aromatic heterocycles. The van der Waals surface area contributed by atoms with Gasteiger partial charge in [0.15, 0.2) is 11.5 Å². The van der Waals surface area contributed by atoms with Gasteiger partial charge in [0.05, 0.1) is 33.4 Å². The fourth-order valence-electron chi connectivity index (χ4n) is 6.81. The normalized spacial score (nSPS) is 39.9. The van der Waals surface area contributed by atoms with E-state index in [1.165, 1.54) is 0 Å². The van der Waals surface area contributed by atoms with Crippen LogP contribution in [0.3, 0.4) is 0 Å². The molecular formula is C22H26N2O4. The Morgan fingerprint density at radius 1 is 1.21 bits per heavy atom. The second-order valence-electron chi connectivity index (χ2n) is 8.57. The van der Waals surface area contributed by atoms with Crippen LogP contribution in [-0.4, -0.2) is 57.4 Å². The zero-order chi connectivity index (χ0) is 19.2. The zero-order valence-corrected chi connectivity index (χ0v) is 16.8. The van der Waals surface area contributed by atoms with Gasteiger partial charge in [-0.1, -0.05) is 11.6 Å². The van der Waals surface area contributed by atoms with E-state index < -0.39 is 0 Å². The highest BCUT2D eigenvalue weighted by Gasteiger charge is 2.69. The Labute approximate surface area is 165 Å². The summed E-state index contributed by atoms with van der Waals surface area (Å²) >= 11 is 0. The molecule has 0 amide bonds. The van der Waals surface area contributed by atoms with Crippen LogP contribution in [0.25, 0.3) is 0 Å².